The molecule has 0 N–H and O–H groups in total. The van der Waals surface area contributed by atoms with Crippen LogP contribution in [0.1, 0.15) is 34.4 Å². The molecular formula is C19H20N4O3. The molecule has 7 heteroatoms. The molecule has 0 saturated heterocycles. The first-order chi connectivity index (χ1) is 12.7. The SMILES string of the molecule is Cc1cc(C(=O)N2Cc3cccn3C(CCOc3ccccn3)C2)on1. The Morgan fingerprint density at radius 2 is 2.27 bits per heavy atom. The molecule has 26 heavy (non-hydrogen) atoms. The summed E-state index contributed by atoms with van der Waals surface area (Å²) in [6.45, 7) is 3.50. The van der Waals surface area contributed by atoms with E-state index in [2.05, 4.69) is 20.9 Å². The Labute approximate surface area is 151 Å². The maximum Gasteiger partial charge on any atom is 0.292 e. The molecule has 1 atom stereocenters. The van der Waals surface area contributed by atoms with Gasteiger partial charge in [-0.1, -0.05) is 11.2 Å². The fourth-order valence-electron chi connectivity index (χ4n) is 3.26. The van der Waals surface area contributed by atoms with E-state index in [1.807, 2.05) is 30.3 Å². The maximum absolute atomic E-state index is 12.7. The van der Waals surface area contributed by atoms with Gasteiger partial charge >= 0.3 is 0 Å². The highest BCUT2D eigenvalue weighted by Crippen LogP contribution is 2.26. The van der Waals surface area contributed by atoms with E-state index in [0.717, 1.165) is 12.1 Å². The second-order valence-electron chi connectivity index (χ2n) is 6.38. The lowest BCUT2D eigenvalue weighted by Gasteiger charge is -2.34. The zero-order valence-electron chi connectivity index (χ0n) is 14.5. The van der Waals surface area contributed by atoms with E-state index in [4.69, 9.17) is 9.26 Å². The Bertz CT molecular complexity index is 887. The van der Waals surface area contributed by atoms with Gasteiger partial charge in [-0.2, -0.15) is 0 Å². The molecule has 7 nitrogen and oxygen atoms in total. The lowest BCUT2D eigenvalue weighted by Crippen LogP contribution is -2.41. The number of rotatable bonds is 5. The topological polar surface area (TPSA) is 73.4 Å². The highest BCUT2D eigenvalue weighted by atomic mass is 16.5. The second kappa shape index (κ2) is 7.03. The van der Waals surface area contributed by atoms with E-state index >= 15 is 0 Å². The lowest BCUT2D eigenvalue weighted by atomic mass is 10.1. The van der Waals surface area contributed by atoms with Gasteiger partial charge in [0.2, 0.25) is 11.6 Å². The summed E-state index contributed by atoms with van der Waals surface area (Å²) in [5.74, 6) is 0.765. The van der Waals surface area contributed by atoms with Crippen LogP contribution in [-0.4, -0.2) is 38.7 Å². The van der Waals surface area contributed by atoms with Gasteiger partial charge in [0.15, 0.2) is 0 Å². The van der Waals surface area contributed by atoms with Crippen LogP contribution in [0.25, 0.3) is 0 Å². The normalized spacial score (nSPS) is 16.3. The van der Waals surface area contributed by atoms with Crippen LogP contribution in [0, 0.1) is 6.92 Å². The largest absolute Gasteiger partial charge is 0.478 e. The van der Waals surface area contributed by atoms with E-state index in [1.54, 1.807) is 24.1 Å². The number of amides is 1. The smallest absolute Gasteiger partial charge is 0.292 e. The molecule has 0 aliphatic carbocycles. The van der Waals surface area contributed by atoms with Gasteiger partial charge in [-0.15, -0.1) is 0 Å². The summed E-state index contributed by atoms with van der Waals surface area (Å²) >= 11 is 0. The molecule has 4 heterocycles. The first kappa shape index (κ1) is 16.4. The van der Waals surface area contributed by atoms with Crippen molar-refractivity contribution in [3.63, 3.8) is 0 Å². The number of fused-ring (bicyclic) bond motifs is 1. The van der Waals surface area contributed by atoms with Crippen LogP contribution in [0.2, 0.25) is 0 Å². The summed E-state index contributed by atoms with van der Waals surface area (Å²) in [5, 5.41) is 3.81. The predicted octanol–water partition coefficient (Wildman–Crippen LogP) is 2.85. The Balaban J connectivity index is 1.45. The van der Waals surface area contributed by atoms with Gasteiger partial charge in [0.05, 0.1) is 24.9 Å². The average Bonchev–Trinajstić information content (AvgIpc) is 3.30. The Kier molecular flexibility index (Phi) is 4.43. The van der Waals surface area contributed by atoms with Crippen molar-refractivity contribution in [3.8, 4) is 5.88 Å². The Morgan fingerprint density at radius 3 is 3.04 bits per heavy atom. The third-order valence-corrected chi connectivity index (χ3v) is 4.51. The average molecular weight is 352 g/mol. The summed E-state index contributed by atoms with van der Waals surface area (Å²) in [6.07, 6.45) is 4.54. The summed E-state index contributed by atoms with van der Waals surface area (Å²) in [6, 6.07) is 11.5. The quantitative estimate of drug-likeness (QED) is 0.706. The molecule has 1 aliphatic rings. The van der Waals surface area contributed by atoms with Crippen LogP contribution in [-0.2, 0) is 6.54 Å². The van der Waals surface area contributed by atoms with Crippen LogP contribution >= 0.6 is 0 Å². The van der Waals surface area contributed by atoms with Crippen LogP contribution in [0.5, 0.6) is 5.88 Å². The van der Waals surface area contributed by atoms with Crippen molar-refractivity contribution in [3.05, 3.63) is 65.9 Å². The van der Waals surface area contributed by atoms with Crippen LogP contribution in [0.15, 0.2) is 53.3 Å². The molecule has 3 aromatic rings. The minimum atomic E-state index is -0.131. The molecule has 4 rings (SSSR count). The maximum atomic E-state index is 12.7. The Hall–Kier alpha value is -3.09. The number of ether oxygens (including phenoxy) is 1. The summed E-state index contributed by atoms with van der Waals surface area (Å²) in [5.41, 5.74) is 1.80. The molecule has 0 spiro atoms. The highest BCUT2D eigenvalue weighted by Gasteiger charge is 2.29. The second-order valence-corrected chi connectivity index (χ2v) is 6.38. The van der Waals surface area contributed by atoms with Gasteiger partial charge in [0, 0.05) is 43.2 Å². The number of carbonyl (C=O) groups is 1. The fourth-order valence-corrected chi connectivity index (χ4v) is 3.26. The summed E-state index contributed by atoms with van der Waals surface area (Å²) < 4.78 is 13.1. The molecule has 0 aromatic carbocycles. The lowest BCUT2D eigenvalue weighted by molar-refractivity contribution is 0.0623. The molecule has 134 valence electrons. The number of nitrogens with zero attached hydrogens (tertiary/aromatic N) is 4. The van der Waals surface area contributed by atoms with E-state index < -0.39 is 0 Å². The molecule has 1 unspecified atom stereocenters. The van der Waals surface area contributed by atoms with Gasteiger partial charge in [-0.3, -0.25) is 4.79 Å². The molecule has 0 fully saturated rings. The van der Waals surface area contributed by atoms with E-state index in [-0.39, 0.29) is 17.7 Å². The molecule has 1 amide bonds. The van der Waals surface area contributed by atoms with Crippen molar-refractivity contribution < 1.29 is 14.1 Å². The minimum Gasteiger partial charge on any atom is -0.478 e. The monoisotopic (exact) mass is 352 g/mol. The van der Waals surface area contributed by atoms with Gasteiger partial charge in [-0.25, -0.2) is 4.98 Å². The minimum absolute atomic E-state index is 0.131. The fraction of sp³-hybridized carbons (Fsp3) is 0.316. The van der Waals surface area contributed by atoms with Crippen molar-refractivity contribution in [2.45, 2.75) is 25.9 Å². The van der Waals surface area contributed by atoms with Crippen LogP contribution in [0.4, 0.5) is 0 Å². The number of hydrogen-bond donors (Lipinski definition) is 0. The van der Waals surface area contributed by atoms with Crippen LogP contribution in [0.3, 0.4) is 0 Å². The zero-order chi connectivity index (χ0) is 17.9. The molecule has 0 radical (unpaired) electrons. The van der Waals surface area contributed by atoms with Gasteiger partial charge in [0.25, 0.3) is 5.91 Å². The number of carbonyl (C=O) groups excluding carboxylic acids is 1. The van der Waals surface area contributed by atoms with Gasteiger partial charge in [-0.05, 0) is 25.1 Å². The van der Waals surface area contributed by atoms with Crippen molar-refractivity contribution in [2.75, 3.05) is 13.2 Å². The predicted molar refractivity (Wildman–Crippen MR) is 93.8 cm³/mol. The van der Waals surface area contributed by atoms with Crippen molar-refractivity contribution >= 4 is 5.91 Å². The van der Waals surface area contributed by atoms with E-state index in [9.17, 15) is 4.79 Å². The summed E-state index contributed by atoms with van der Waals surface area (Å²) in [4.78, 5) is 18.7. The first-order valence-corrected chi connectivity index (χ1v) is 8.63. The number of aromatic nitrogens is 3. The third kappa shape index (κ3) is 3.33. The number of hydrogen-bond acceptors (Lipinski definition) is 5. The van der Waals surface area contributed by atoms with Crippen LogP contribution < -0.4 is 4.74 Å². The van der Waals surface area contributed by atoms with E-state index in [1.165, 1.54) is 0 Å². The third-order valence-electron chi connectivity index (χ3n) is 4.51. The zero-order valence-corrected chi connectivity index (χ0v) is 14.5. The number of pyridine rings is 1. The van der Waals surface area contributed by atoms with Crippen molar-refractivity contribution in [1.29, 1.82) is 0 Å². The number of aryl methyl sites for hydroxylation is 1. The molecule has 1 aliphatic heterocycles. The molecule has 3 aromatic heterocycles. The van der Waals surface area contributed by atoms with Gasteiger partial charge in [0.1, 0.15) is 0 Å². The first-order valence-electron chi connectivity index (χ1n) is 8.63. The van der Waals surface area contributed by atoms with E-state index in [0.29, 0.717) is 31.3 Å². The molecule has 0 bridgehead atoms. The highest BCUT2D eigenvalue weighted by molar-refractivity contribution is 5.91. The van der Waals surface area contributed by atoms with Crippen molar-refractivity contribution in [1.82, 2.24) is 19.6 Å². The standard InChI is InChI=1S/C19H20N4O3/c1-14-11-17(26-21-14)19(24)22-12-15-5-4-9-23(15)16(13-22)7-10-25-18-6-2-3-8-20-18/h2-6,8-9,11,16H,7,10,12-13H2,1H3. The molecule has 0 saturated carbocycles. The summed E-state index contributed by atoms with van der Waals surface area (Å²) in [7, 11) is 0. The van der Waals surface area contributed by atoms with Gasteiger partial charge < -0.3 is 18.7 Å². The van der Waals surface area contributed by atoms with Crippen molar-refractivity contribution in [2.24, 2.45) is 0 Å². The Morgan fingerprint density at radius 1 is 1.35 bits per heavy atom. The molecular weight excluding hydrogens is 332 g/mol.